The molecule has 1 aromatic rings. The molecule has 19 heavy (non-hydrogen) atoms. The standard InChI is InChI=1S/C15H25N3S/c16-11-15(13-5-10-19-12-13)18-8-6-17(7-9-18)14-3-1-2-4-14/h5,10,12,14-15H,1-4,6-9,11,16H2. The summed E-state index contributed by atoms with van der Waals surface area (Å²) >= 11 is 1.78. The fourth-order valence-electron chi connectivity index (χ4n) is 3.64. The third kappa shape index (κ3) is 3.02. The van der Waals surface area contributed by atoms with Crippen LogP contribution in [0, 0.1) is 0 Å². The van der Waals surface area contributed by atoms with Gasteiger partial charge in [0.1, 0.15) is 0 Å². The topological polar surface area (TPSA) is 32.5 Å². The van der Waals surface area contributed by atoms with Crippen LogP contribution in [0.1, 0.15) is 37.3 Å². The van der Waals surface area contributed by atoms with E-state index in [1.165, 1.54) is 57.4 Å². The van der Waals surface area contributed by atoms with E-state index in [1.54, 1.807) is 11.3 Å². The van der Waals surface area contributed by atoms with E-state index in [4.69, 9.17) is 5.73 Å². The van der Waals surface area contributed by atoms with Crippen LogP contribution in [0.2, 0.25) is 0 Å². The molecule has 1 saturated heterocycles. The average Bonchev–Trinajstić information content (AvgIpc) is 3.14. The first-order chi connectivity index (χ1) is 9.38. The van der Waals surface area contributed by atoms with Crippen molar-refractivity contribution in [3.63, 3.8) is 0 Å². The molecule has 0 amide bonds. The minimum Gasteiger partial charge on any atom is -0.329 e. The Bertz CT molecular complexity index is 365. The Kier molecular flexibility index (Phi) is 4.53. The zero-order chi connectivity index (χ0) is 13.1. The number of thiophene rings is 1. The van der Waals surface area contributed by atoms with Crippen molar-refractivity contribution < 1.29 is 0 Å². The van der Waals surface area contributed by atoms with E-state index < -0.39 is 0 Å². The van der Waals surface area contributed by atoms with E-state index in [1.807, 2.05) is 0 Å². The SMILES string of the molecule is NCC(c1ccsc1)N1CCN(C2CCCC2)CC1. The van der Waals surface area contributed by atoms with Crippen molar-refractivity contribution in [1.29, 1.82) is 0 Å². The van der Waals surface area contributed by atoms with Gasteiger partial charge in [0.15, 0.2) is 0 Å². The van der Waals surface area contributed by atoms with Gasteiger partial charge in [-0.25, -0.2) is 0 Å². The van der Waals surface area contributed by atoms with Crippen molar-refractivity contribution >= 4 is 11.3 Å². The summed E-state index contributed by atoms with van der Waals surface area (Å²) in [7, 11) is 0. The second-order valence-electron chi connectivity index (χ2n) is 5.82. The number of nitrogens with zero attached hydrogens (tertiary/aromatic N) is 2. The molecule has 1 unspecified atom stereocenters. The van der Waals surface area contributed by atoms with Crippen molar-refractivity contribution in [2.45, 2.75) is 37.8 Å². The van der Waals surface area contributed by atoms with E-state index in [0.29, 0.717) is 6.04 Å². The summed E-state index contributed by atoms with van der Waals surface area (Å²) in [5.41, 5.74) is 7.41. The Morgan fingerprint density at radius 2 is 1.95 bits per heavy atom. The van der Waals surface area contributed by atoms with Crippen LogP contribution in [0.15, 0.2) is 16.8 Å². The highest BCUT2D eigenvalue weighted by Gasteiger charge is 2.29. The third-order valence-electron chi connectivity index (χ3n) is 4.78. The van der Waals surface area contributed by atoms with Crippen LogP contribution in [0.25, 0.3) is 0 Å². The average molecular weight is 279 g/mol. The molecule has 1 aromatic heterocycles. The molecule has 2 fully saturated rings. The first-order valence-corrected chi connectivity index (χ1v) is 8.53. The molecule has 1 aliphatic heterocycles. The second kappa shape index (κ2) is 6.35. The zero-order valence-electron chi connectivity index (χ0n) is 11.6. The molecule has 106 valence electrons. The molecule has 3 nitrogen and oxygen atoms in total. The fourth-order valence-corrected chi connectivity index (χ4v) is 4.35. The molecule has 3 rings (SSSR count). The van der Waals surface area contributed by atoms with E-state index in [2.05, 4.69) is 26.6 Å². The van der Waals surface area contributed by atoms with Gasteiger partial charge in [0.2, 0.25) is 0 Å². The minimum absolute atomic E-state index is 0.428. The van der Waals surface area contributed by atoms with E-state index in [0.717, 1.165) is 12.6 Å². The summed E-state index contributed by atoms with van der Waals surface area (Å²) in [6.07, 6.45) is 5.71. The maximum atomic E-state index is 6.00. The normalized spacial score (nSPS) is 24.9. The molecule has 2 aliphatic rings. The lowest BCUT2D eigenvalue weighted by molar-refractivity contribution is 0.0723. The van der Waals surface area contributed by atoms with Gasteiger partial charge < -0.3 is 5.73 Å². The highest BCUT2D eigenvalue weighted by molar-refractivity contribution is 7.07. The third-order valence-corrected chi connectivity index (χ3v) is 5.48. The Labute approximate surface area is 120 Å². The molecular formula is C15H25N3S. The van der Waals surface area contributed by atoms with Crippen molar-refractivity contribution in [2.24, 2.45) is 5.73 Å². The summed E-state index contributed by atoms with van der Waals surface area (Å²) in [6, 6.07) is 3.53. The summed E-state index contributed by atoms with van der Waals surface area (Å²) in [4.78, 5) is 5.29. The lowest BCUT2D eigenvalue weighted by Gasteiger charge is -2.41. The summed E-state index contributed by atoms with van der Waals surface area (Å²) in [6.45, 7) is 5.54. The second-order valence-corrected chi connectivity index (χ2v) is 6.60. The molecular weight excluding hydrogens is 254 g/mol. The van der Waals surface area contributed by atoms with Crippen LogP contribution < -0.4 is 5.73 Å². The van der Waals surface area contributed by atoms with E-state index in [-0.39, 0.29) is 0 Å². The molecule has 1 saturated carbocycles. The summed E-state index contributed by atoms with van der Waals surface area (Å²) in [5, 5.41) is 4.41. The Morgan fingerprint density at radius 3 is 2.53 bits per heavy atom. The summed E-state index contributed by atoms with van der Waals surface area (Å²) in [5.74, 6) is 0. The van der Waals surface area contributed by atoms with Gasteiger partial charge in [-0.3, -0.25) is 9.80 Å². The zero-order valence-corrected chi connectivity index (χ0v) is 12.4. The van der Waals surface area contributed by atoms with Crippen LogP contribution in [0.4, 0.5) is 0 Å². The van der Waals surface area contributed by atoms with Gasteiger partial charge in [0, 0.05) is 44.8 Å². The van der Waals surface area contributed by atoms with Crippen LogP contribution >= 0.6 is 11.3 Å². The van der Waals surface area contributed by atoms with Crippen molar-refractivity contribution in [3.8, 4) is 0 Å². The Hall–Kier alpha value is -0.420. The Balaban J connectivity index is 1.56. The molecule has 2 heterocycles. The van der Waals surface area contributed by atoms with Crippen molar-refractivity contribution in [1.82, 2.24) is 9.80 Å². The quantitative estimate of drug-likeness (QED) is 0.918. The molecule has 1 aliphatic carbocycles. The van der Waals surface area contributed by atoms with Gasteiger partial charge in [0.05, 0.1) is 0 Å². The molecule has 1 atom stereocenters. The molecule has 0 aromatic carbocycles. The minimum atomic E-state index is 0.428. The van der Waals surface area contributed by atoms with Crippen molar-refractivity contribution in [2.75, 3.05) is 32.7 Å². The van der Waals surface area contributed by atoms with Gasteiger partial charge in [-0.05, 0) is 35.2 Å². The number of piperazine rings is 1. The maximum Gasteiger partial charge on any atom is 0.0479 e. The highest BCUT2D eigenvalue weighted by Crippen LogP contribution is 2.27. The fraction of sp³-hybridized carbons (Fsp3) is 0.733. The predicted molar refractivity (Wildman–Crippen MR) is 81.5 cm³/mol. The number of hydrogen-bond acceptors (Lipinski definition) is 4. The van der Waals surface area contributed by atoms with Crippen LogP contribution in [-0.4, -0.2) is 48.6 Å². The van der Waals surface area contributed by atoms with Gasteiger partial charge in [-0.15, -0.1) is 0 Å². The van der Waals surface area contributed by atoms with E-state index >= 15 is 0 Å². The molecule has 0 spiro atoms. The first-order valence-electron chi connectivity index (χ1n) is 7.59. The largest absolute Gasteiger partial charge is 0.329 e. The van der Waals surface area contributed by atoms with Crippen LogP contribution in [0.5, 0.6) is 0 Å². The maximum absolute atomic E-state index is 6.00. The van der Waals surface area contributed by atoms with Crippen LogP contribution in [0.3, 0.4) is 0 Å². The lowest BCUT2D eigenvalue weighted by atomic mass is 10.1. The molecule has 4 heteroatoms. The molecule has 2 N–H and O–H groups in total. The van der Waals surface area contributed by atoms with Crippen LogP contribution in [-0.2, 0) is 0 Å². The number of nitrogens with two attached hydrogens (primary N) is 1. The van der Waals surface area contributed by atoms with Gasteiger partial charge >= 0.3 is 0 Å². The number of rotatable bonds is 4. The summed E-state index contributed by atoms with van der Waals surface area (Å²) < 4.78 is 0. The Morgan fingerprint density at radius 1 is 1.21 bits per heavy atom. The number of hydrogen-bond donors (Lipinski definition) is 1. The molecule has 0 radical (unpaired) electrons. The smallest absolute Gasteiger partial charge is 0.0479 e. The highest BCUT2D eigenvalue weighted by atomic mass is 32.1. The van der Waals surface area contributed by atoms with Gasteiger partial charge in [-0.1, -0.05) is 12.8 Å². The first kappa shape index (κ1) is 13.6. The molecule has 0 bridgehead atoms. The van der Waals surface area contributed by atoms with Gasteiger partial charge in [-0.2, -0.15) is 11.3 Å². The van der Waals surface area contributed by atoms with Gasteiger partial charge in [0.25, 0.3) is 0 Å². The monoisotopic (exact) mass is 279 g/mol. The predicted octanol–water partition coefficient (Wildman–Crippen LogP) is 2.31. The van der Waals surface area contributed by atoms with E-state index in [9.17, 15) is 0 Å². The van der Waals surface area contributed by atoms with Crippen molar-refractivity contribution in [3.05, 3.63) is 22.4 Å². The lowest BCUT2D eigenvalue weighted by Crippen LogP contribution is -2.51.